The molecule has 0 bridgehead atoms. The molecule has 6 nitrogen and oxygen atoms in total. The minimum atomic E-state index is -4.66. The number of nitro benzene ring substituents is 1. The van der Waals surface area contributed by atoms with E-state index in [-0.39, 0.29) is 5.69 Å². The molecule has 0 saturated carbocycles. The molecule has 0 radical (unpaired) electrons. The largest absolute Gasteiger partial charge is 0.418 e. The number of ether oxygens (including phenoxy) is 2. The quantitative estimate of drug-likeness (QED) is 0.615. The summed E-state index contributed by atoms with van der Waals surface area (Å²) in [4.78, 5) is 11.5. The number of hydrogen-bond acceptors (Lipinski definition) is 5. The molecule has 23 heavy (non-hydrogen) atoms. The predicted molar refractivity (Wildman–Crippen MR) is 74.2 cm³/mol. The van der Waals surface area contributed by atoms with E-state index < -0.39 is 28.1 Å². The van der Waals surface area contributed by atoms with Crippen LogP contribution in [-0.2, 0) is 15.7 Å². The van der Waals surface area contributed by atoms with Gasteiger partial charge in [-0.05, 0) is 6.07 Å². The first-order valence-corrected chi connectivity index (χ1v) is 7.19. The number of rotatable bonds is 2. The zero-order chi connectivity index (χ0) is 16.7. The van der Waals surface area contributed by atoms with Crippen LogP contribution in [0.4, 0.5) is 24.5 Å². The molecule has 2 heterocycles. The second-order valence-corrected chi connectivity index (χ2v) is 5.55. The van der Waals surface area contributed by atoms with Crippen LogP contribution in [0, 0.1) is 10.1 Å². The first-order valence-electron chi connectivity index (χ1n) is 7.19. The highest BCUT2D eigenvalue weighted by molar-refractivity contribution is 5.59. The van der Waals surface area contributed by atoms with Crippen LogP contribution in [0.25, 0.3) is 0 Å². The maximum atomic E-state index is 13.2. The van der Waals surface area contributed by atoms with Crippen LogP contribution in [0.5, 0.6) is 0 Å². The van der Waals surface area contributed by atoms with Gasteiger partial charge in [-0.15, -0.1) is 0 Å². The van der Waals surface area contributed by atoms with E-state index in [4.69, 9.17) is 9.47 Å². The Kier molecular flexibility index (Phi) is 3.93. The van der Waals surface area contributed by atoms with Gasteiger partial charge in [0.2, 0.25) is 0 Å². The Labute approximate surface area is 129 Å². The number of alkyl halides is 3. The average Bonchev–Trinajstić information content (AvgIpc) is 2.95. The van der Waals surface area contributed by atoms with Gasteiger partial charge >= 0.3 is 6.18 Å². The first-order chi connectivity index (χ1) is 10.8. The molecule has 0 unspecified atom stereocenters. The number of nitro groups is 1. The minimum Gasteiger partial charge on any atom is -0.371 e. The summed E-state index contributed by atoms with van der Waals surface area (Å²) < 4.78 is 50.8. The number of non-ortho nitro benzene ring substituents is 1. The van der Waals surface area contributed by atoms with Gasteiger partial charge in [0.25, 0.3) is 5.69 Å². The summed E-state index contributed by atoms with van der Waals surface area (Å²) in [5.41, 5.74) is -1.61. The van der Waals surface area contributed by atoms with Crippen LogP contribution >= 0.6 is 0 Å². The Morgan fingerprint density at radius 2 is 1.78 bits per heavy atom. The zero-order valence-corrected chi connectivity index (χ0v) is 12.1. The van der Waals surface area contributed by atoms with Crippen LogP contribution < -0.4 is 4.90 Å². The molecule has 9 heteroatoms. The molecule has 1 aromatic rings. The van der Waals surface area contributed by atoms with E-state index in [1.807, 2.05) is 0 Å². The van der Waals surface area contributed by atoms with Crippen molar-refractivity contribution in [1.82, 2.24) is 0 Å². The van der Waals surface area contributed by atoms with Crippen molar-refractivity contribution in [3.63, 3.8) is 0 Å². The molecule has 2 aliphatic rings. The molecule has 0 atom stereocenters. The number of benzene rings is 1. The number of halogens is 3. The van der Waals surface area contributed by atoms with E-state index >= 15 is 0 Å². The van der Waals surface area contributed by atoms with E-state index in [0.29, 0.717) is 45.2 Å². The summed E-state index contributed by atoms with van der Waals surface area (Å²) >= 11 is 0. The van der Waals surface area contributed by atoms with Gasteiger partial charge < -0.3 is 14.4 Å². The molecule has 2 saturated heterocycles. The summed E-state index contributed by atoms with van der Waals surface area (Å²) in [5, 5.41) is 10.7. The van der Waals surface area contributed by atoms with Gasteiger partial charge in [0, 0.05) is 43.8 Å². The van der Waals surface area contributed by atoms with E-state index in [1.165, 1.54) is 0 Å². The molecule has 126 valence electrons. The third-order valence-electron chi connectivity index (χ3n) is 4.18. The standard InChI is InChI=1S/C14H15F3N2O4/c15-14(16,17)11-9-10(19(20)21)1-2-12(11)18-5-3-13(4-6-18)22-7-8-23-13/h1-2,9H,3-8H2. The Hall–Kier alpha value is -1.87. The zero-order valence-electron chi connectivity index (χ0n) is 12.1. The fourth-order valence-electron chi connectivity index (χ4n) is 3.01. The van der Waals surface area contributed by atoms with Gasteiger partial charge in [-0.25, -0.2) is 0 Å². The van der Waals surface area contributed by atoms with Crippen molar-refractivity contribution in [3.8, 4) is 0 Å². The molecule has 0 amide bonds. The first kappa shape index (κ1) is 16.0. The Morgan fingerprint density at radius 3 is 2.30 bits per heavy atom. The van der Waals surface area contributed by atoms with Crippen LogP contribution in [0.15, 0.2) is 18.2 Å². The lowest BCUT2D eigenvalue weighted by molar-refractivity contribution is -0.385. The Balaban J connectivity index is 1.86. The highest BCUT2D eigenvalue weighted by Gasteiger charge is 2.42. The van der Waals surface area contributed by atoms with Crippen molar-refractivity contribution in [2.24, 2.45) is 0 Å². The third kappa shape index (κ3) is 3.11. The molecule has 0 aromatic heterocycles. The molecule has 1 aromatic carbocycles. The van der Waals surface area contributed by atoms with Crippen molar-refractivity contribution in [2.45, 2.75) is 24.8 Å². The molecular weight excluding hydrogens is 317 g/mol. The monoisotopic (exact) mass is 332 g/mol. The average molecular weight is 332 g/mol. The van der Waals surface area contributed by atoms with Gasteiger partial charge in [0.05, 0.1) is 23.7 Å². The molecular formula is C14H15F3N2O4. The topological polar surface area (TPSA) is 64.8 Å². The molecule has 2 fully saturated rings. The lowest BCUT2D eigenvalue weighted by Gasteiger charge is -2.39. The summed E-state index contributed by atoms with van der Waals surface area (Å²) in [6.45, 7) is 1.65. The van der Waals surface area contributed by atoms with E-state index in [1.54, 1.807) is 4.90 Å². The van der Waals surface area contributed by atoms with Crippen LogP contribution in [-0.4, -0.2) is 37.0 Å². The minimum absolute atomic E-state index is 0.0454. The number of hydrogen-bond donors (Lipinski definition) is 0. The van der Waals surface area contributed by atoms with Crippen LogP contribution in [0.3, 0.4) is 0 Å². The Bertz CT molecular complexity index is 605. The predicted octanol–water partition coefficient (Wildman–Crippen LogP) is 2.96. The summed E-state index contributed by atoms with van der Waals surface area (Å²) in [5.74, 6) is -0.685. The van der Waals surface area contributed by atoms with Gasteiger partial charge in [0.15, 0.2) is 5.79 Å². The second-order valence-electron chi connectivity index (χ2n) is 5.55. The lowest BCUT2D eigenvalue weighted by Crippen LogP contribution is -2.45. The highest BCUT2D eigenvalue weighted by Crippen LogP contribution is 2.41. The molecule has 1 spiro atoms. The van der Waals surface area contributed by atoms with Crippen molar-refractivity contribution >= 4 is 11.4 Å². The summed E-state index contributed by atoms with van der Waals surface area (Å²) in [7, 11) is 0. The van der Waals surface area contributed by atoms with Crippen LogP contribution in [0.2, 0.25) is 0 Å². The molecule has 0 aliphatic carbocycles. The van der Waals surface area contributed by atoms with Gasteiger partial charge in [-0.1, -0.05) is 0 Å². The Morgan fingerprint density at radius 1 is 1.17 bits per heavy atom. The van der Waals surface area contributed by atoms with E-state index in [2.05, 4.69) is 0 Å². The maximum Gasteiger partial charge on any atom is 0.418 e. The van der Waals surface area contributed by atoms with Gasteiger partial charge in [-0.2, -0.15) is 13.2 Å². The number of nitrogens with zero attached hydrogens (tertiary/aromatic N) is 2. The van der Waals surface area contributed by atoms with Gasteiger partial charge in [-0.3, -0.25) is 10.1 Å². The van der Waals surface area contributed by atoms with E-state index in [0.717, 1.165) is 12.1 Å². The molecule has 3 rings (SSSR count). The van der Waals surface area contributed by atoms with Gasteiger partial charge in [0.1, 0.15) is 0 Å². The van der Waals surface area contributed by atoms with E-state index in [9.17, 15) is 23.3 Å². The number of anilines is 1. The third-order valence-corrected chi connectivity index (χ3v) is 4.18. The van der Waals surface area contributed by atoms with Crippen LogP contribution in [0.1, 0.15) is 18.4 Å². The summed E-state index contributed by atoms with van der Waals surface area (Å²) in [6, 6.07) is 2.84. The van der Waals surface area contributed by atoms with Crippen molar-refractivity contribution < 1.29 is 27.6 Å². The summed E-state index contributed by atoms with van der Waals surface area (Å²) in [6.07, 6.45) is -3.74. The van der Waals surface area contributed by atoms with Crippen molar-refractivity contribution in [3.05, 3.63) is 33.9 Å². The second kappa shape index (κ2) is 5.64. The lowest BCUT2D eigenvalue weighted by atomic mass is 10.0. The fourth-order valence-corrected chi connectivity index (χ4v) is 3.01. The number of piperidine rings is 1. The van der Waals surface area contributed by atoms with Crippen molar-refractivity contribution in [2.75, 3.05) is 31.2 Å². The smallest absolute Gasteiger partial charge is 0.371 e. The van der Waals surface area contributed by atoms with Crippen molar-refractivity contribution in [1.29, 1.82) is 0 Å². The fraction of sp³-hybridized carbons (Fsp3) is 0.571. The molecule has 2 aliphatic heterocycles. The highest BCUT2D eigenvalue weighted by atomic mass is 19.4. The maximum absolute atomic E-state index is 13.2. The SMILES string of the molecule is O=[N+]([O-])c1ccc(N2CCC3(CC2)OCCO3)c(C(F)(F)F)c1. The normalized spacial score (nSPS) is 20.9. The molecule has 0 N–H and O–H groups in total.